The second-order valence-corrected chi connectivity index (χ2v) is 9.97. The number of nitrogens with one attached hydrogen (secondary N) is 4. The summed E-state index contributed by atoms with van der Waals surface area (Å²) in [5, 5.41) is 20.8. The van der Waals surface area contributed by atoms with Crippen molar-refractivity contribution in [2.75, 3.05) is 17.2 Å². The Morgan fingerprint density at radius 3 is 2.67 bits per heavy atom. The van der Waals surface area contributed by atoms with Gasteiger partial charge in [0.15, 0.2) is 0 Å². The number of aromatic nitrogens is 5. The predicted octanol–water partition coefficient (Wildman–Crippen LogP) is 5.86. The molecule has 10 nitrogen and oxygen atoms in total. The highest BCUT2D eigenvalue weighted by atomic mass is 16.5. The maximum absolute atomic E-state index is 13.0. The van der Waals surface area contributed by atoms with Crippen LogP contribution in [0.3, 0.4) is 0 Å². The lowest BCUT2D eigenvalue weighted by Crippen LogP contribution is -2.24. The first-order valence-electron chi connectivity index (χ1n) is 13.3. The zero-order chi connectivity index (χ0) is 27.5. The molecule has 0 bridgehead atoms. The first-order valence-corrected chi connectivity index (χ1v) is 13.3. The van der Waals surface area contributed by atoms with Gasteiger partial charge >= 0.3 is 6.03 Å². The van der Waals surface area contributed by atoms with Crippen molar-refractivity contribution in [2.24, 2.45) is 0 Å². The molecule has 0 fully saturated rings. The van der Waals surface area contributed by atoms with Gasteiger partial charge < -0.3 is 15.4 Å². The lowest BCUT2D eigenvalue weighted by molar-refractivity contribution is 0.262. The quantitative estimate of drug-likeness (QED) is 0.207. The Balaban J connectivity index is 1.14. The Morgan fingerprint density at radius 1 is 1.00 bits per heavy atom. The van der Waals surface area contributed by atoms with Crippen LogP contribution in [0.15, 0.2) is 79.3 Å². The van der Waals surface area contributed by atoms with Gasteiger partial charge in [-0.25, -0.2) is 9.48 Å². The van der Waals surface area contributed by atoms with Crippen LogP contribution in [0.25, 0.3) is 16.9 Å². The van der Waals surface area contributed by atoms with Crippen LogP contribution in [0.4, 0.5) is 16.3 Å². The highest BCUT2D eigenvalue weighted by Gasteiger charge is 2.17. The highest BCUT2D eigenvalue weighted by Crippen LogP contribution is 2.27. The standard InChI is InChI=1S/C30H30N8O2/c1-19(2)27-15-29(38(37-27)24-6-3-21-16-31-11-9-20(21)13-24)36-30(39)35-23-4-7-25(8-5-23)40-26-10-12-32-28(14-26)22-17-33-34-18-22/h3-8,10,12-15,17-19,31H,9,11,16H2,1-2H3,(H,33,34)(H2,35,36,39). The number of carbonyl (C=O) groups is 1. The Morgan fingerprint density at radius 2 is 1.88 bits per heavy atom. The fourth-order valence-electron chi connectivity index (χ4n) is 4.61. The summed E-state index contributed by atoms with van der Waals surface area (Å²) in [6.07, 6.45) is 6.14. The molecular formula is C30H30N8O2. The van der Waals surface area contributed by atoms with E-state index in [1.807, 2.05) is 18.2 Å². The first kappa shape index (κ1) is 25.3. The van der Waals surface area contributed by atoms with E-state index in [0.717, 1.165) is 42.1 Å². The van der Waals surface area contributed by atoms with Gasteiger partial charge in [0.25, 0.3) is 0 Å². The van der Waals surface area contributed by atoms with Crippen LogP contribution in [0.1, 0.15) is 36.6 Å². The van der Waals surface area contributed by atoms with Crippen molar-refractivity contribution >= 4 is 17.5 Å². The van der Waals surface area contributed by atoms with Crippen LogP contribution in [-0.4, -0.2) is 37.5 Å². The van der Waals surface area contributed by atoms with Crippen molar-refractivity contribution in [1.29, 1.82) is 0 Å². The number of amides is 2. The van der Waals surface area contributed by atoms with Crippen molar-refractivity contribution in [1.82, 2.24) is 30.3 Å². The lowest BCUT2D eigenvalue weighted by Gasteiger charge is -2.18. The zero-order valence-corrected chi connectivity index (χ0v) is 22.3. The molecule has 0 radical (unpaired) electrons. The number of pyridine rings is 1. The number of aromatic amines is 1. The molecule has 3 aromatic heterocycles. The highest BCUT2D eigenvalue weighted by molar-refractivity contribution is 5.99. The van der Waals surface area contributed by atoms with Crippen LogP contribution in [0.2, 0.25) is 0 Å². The summed E-state index contributed by atoms with van der Waals surface area (Å²) in [5.74, 6) is 2.12. The van der Waals surface area contributed by atoms with Gasteiger partial charge in [-0.3, -0.25) is 15.4 Å². The molecule has 202 valence electrons. The molecule has 1 aliphatic heterocycles. The van der Waals surface area contributed by atoms with E-state index in [1.165, 1.54) is 11.1 Å². The third-order valence-electron chi connectivity index (χ3n) is 6.76. The van der Waals surface area contributed by atoms with Gasteiger partial charge in [0.2, 0.25) is 0 Å². The van der Waals surface area contributed by atoms with E-state index in [2.05, 4.69) is 57.1 Å². The van der Waals surface area contributed by atoms with Crippen molar-refractivity contribution in [3.8, 4) is 28.4 Å². The molecule has 4 N–H and O–H groups in total. The van der Waals surface area contributed by atoms with Crippen LogP contribution < -0.4 is 20.7 Å². The maximum Gasteiger partial charge on any atom is 0.324 e. The van der Waals surface area contributed by atoms with Gasteiger partial charge in [-0.1, -0.05) is 19.9 Å². The number of H-pyrrole nitrogens is 1. The van der Waals surface area contributed by atoms with Gasteiger partial charge in [0.05, 0.1) is 23.3 Å². The number of fused-ring (bicyclic) bond motifs is 1. The maximum atomic E-state index is 13.0. The molecule has 40 heavy (non-hydrogen) atoms. The Hall–Kier alpha value is -4.96. The van der Waals surface area contributed by atoms with Gasteiger partial charge in [0.1, 0.15) is 17.3 Å². The van der Waals surface area contributed by atoms with Crippen LogP contribution in [0.5, 0.6) is 11.5 Å². The summed E-state index contributed by atoms with van der Waals surface area (Å²) in [7, 11) is 0. The number of rotatable bonds is 7. The van der Waals surface area contributed by atoms with E-state index < -0.39 is 0 Å². The van der Waals surface area contributed by atoms with E-state index in [0.29, 0.717) is 23.0 Å². The molecule has 2 aromatic carbocycles. The largest absolute Gasteiger partial charge is 0.457 e. The number of ether oxygens (including phenoxy) is 1. The third kappa shape index (κ3) is 5.57. The summed E-state index contributed by atoms with van der Waals surface area (Å²) < 4.78 is 7.79. The second kappa shape index (κ2) is 11.0. The van der Waals surface area contributed by atoms with Crippen molar-refractivity contribution in [3.63, 3.8) is 0 Å². The van der Waals surface area contributed by atoms with Crippen molar-refractivity contribution in [3.05, 3.63) is 96.1 Å². The average Bonchev–Trinajstić information content (AvgIpc) is 3.65. The van der Waals surface area contributed by atoms with Crippen LogP contribution >= 0.6 is 0 Å². The number of carbonyl (C=O) groups excluding carboxylic acids is 1. The van der Waals surface area contributed by atoms with Crippen molar-refractivity contribution in [2.45, 2.75) is 32.7 Å². The van der Waals surface area contributed by atoms with Crippen LogP contribution in [-0.2, 0) is 13.0 Å². The third-order valence-corrected chi connectivity index (χ3v) is 6.76. The number of nitrogens with zero attached hydrogens (tertiary/aromatic N) is 4. The number of benzene rings is 2. The Kier molecular flexibility index (Phi) is 6.98. The van der Waals surface area contributed by atoms with Crippen molar-refractivity contribution < 1.29 is 9.53 Å². The second-order valence-electron chi connectivity index (χ2n) is 9.97. The summed E-state index contributed by atoms with van der Waals surface area (Å²) in [4.78, 5) is 17.3. The minimum absolute atomic E-state index is 0.218. The molecule has 0 atom stereocenters. The molecule has 0 spiro atoms. The minimum Gasteiger partial charge on any atom is -0.457 e. The van der Waals surface area contributed by atoms with E-state index in [-0.39, 0.29) is 11.9 Å². The zero-order valence-electron chi connectivity index (χ0n) is 22.3. The molecule has 5 aromatic rings. The van der Waals surface area contributed by atoms with E-state index in [1.54, 1.807) is 53.6 Å². The SMILES string of the molecule is CC(C)c1cc(NC(=O)Nc2ccc(Oc3ccnc(-c4cn[nH]c4)c3)cc2)n(-c2ccc3c(c2)CCNC3)n1. The van der Waals surface area contributed by atoms with Gasteiger partial charge in [-0.15, -0.1) is 0 Å². The molecule has 0 saturated heterocycles. The molecule has 0 aliphatic carbocycles. The lowest BCUT2D eigenvalue weighted by atomic mass is 10.0. The number of urea groups is 1. The van der Waals surface area contributed by atoms with E-state index in [9.17, 15) is 4.79 Å². The molecule has 1 aliphatic rings. The van der Waals surface area contributed by atoms with Gasteiger partial charge in [-0.05, 0) is 72.5 Å². The molecule has 2 amide bonds. The fourth-order valence-corrected chi connectivity index (χ4v) is 4.61. The number of hydrogen-bond acceptors (Lipinski definition) is 6. The molecule has 0 unspecified atom stereocenters. The molecular weight excluding hydrogens is 504 g/mol. The minimum atomic E-state index is -0.355. The van der Waals surface area contributed by atoms with Gasteiger partial charge in [0, 0.05) is 42.3 Å². The molecule has 6 rings (SSSR count). The monoisotopic (exact) mass is 534 g/mol. The molecule has 10 heteroatoms. The molecule has 0 saturated carbocycles. The smallest absolute Gasteiger partial charge is 0.324 e. The summed E-state index contributed by atoms with van der Waals surface area (Å²) >= 11 is 0. The predicted molar refractivity (Wildman–Crippen MR) is 154 cm³/mol. The Labute approximate surface area is 231 Å². The average molecular weight is 535 g/mol. The van der Waals surface area contributed by atoms with E-state index >= 15 is 0 Å². The van der Waals surface area contributed by atoms with Gasteiger partial charge in [-0.2, -0.15) is 10.2 Å². The summed E-state index contributed by atoms with van der Waals surface area (Å²) in [5.41, 5.74) is 6.71. The number of hydrogen-bond donors (Lipinski definition) is 4. The number of anilines is 2. The summed E-state index contributed by atoms with van der Waals surface area (Å²) in [6.45, 7) is 6.00. The topological polar surface area (TPSA) is 122 Å². The van der Waals surface area contributed by atoms with Crippen LogP contribution in [0, 0.1) is 0 Å². The fraction of sp³-hybridized carbons (Fsp3) is 0.200. The Bertz CT molecular complexity index is 1620. The first-order chi connectivity index (χ1) is 19.5. The molecule has 4 heterocycles. The normalized spacial score (nSPS) is 12.7. The summed E-state index contributed by atoms with van der Waals surface area (Å²) in [6, 6.07) is 18.7. The van der Waals surface area contributed by atoms with E-state index in [4.69, 9.17) is 9.84 Å².